The third-order valence-electron chi connectivity index (χ3n) is 4.54. The van der Waals surface area contributed by atoms with Gasteiger partial charge in [0.1, 0.15) is 17.5 Å². The van der Waals surface area contributed by atoms with Crippen molar-refractivity contribution in [1.29, 1.82) is 0 Å². The summed E-state index contributed by atoms with van der Waals surface area (Å²) < 4.78 is 0. The largest absolute Gasteiger partial charge is 0.356 e. The van der Waals surface area contributed by atoms with Crippen molar-refractivity contribution in [3.8, 4) is 0 Å². The Kier molecular flexibility index (Phi) is 5.43. The second kappa shape index (κ2) is 7.74. The van der Waals surface area contributed by atoms with E-state index in [9.17, 15) is 4.79 Å². The van der Waals surface area contributed by atoms with Gasteiger partial charge in [0.2, 0.25) is 0 Å². The van der Waals surface area contributed by atoms with Crippen LogP contribution in [0, 0.1) is 13.8 Å². The lowest BCUT2D eigenvalue weighted by Crippen LogP contribution is -2.42. The first-order chi connectivity index (χ1) is 12.0. The van der Waals surface area contributed by atoms with Gasteiger partial charge in [0.15, 0.2) is 0 Å². The zero-order valence-corrected chi connectivity index (χ0v) is 15.2. The van der Waals surface area contributed by atoms with Crippen molar-refractivity contribution in [3.05, 3.63) is 45.5 Å². The van der Waals surface area contributed by atoms with Gasteiger partial charge in [0.05, 0.1) is 5.69 Å². The molecule has 0 spiro atoms. The minimum absolute atomic E-state index is 0.0926. The van der Waals surface area contributed by atoms with Crippen LogP contribution in [0.25, 0.3) is 0 Å². The van der Waals surface area contributed by atoms with E-state index in [0.717, 1.165) is 55.4 Å². The van der Waals surface area contributed by atoms with Crippen molar-refractivity contribution >= 4 is 5.82 Å². The lowest BCUT2D eigenvalue weighted by molar-refractivity contribution is 0.410. The minimum Gasteiger partial charge on any atom is -0.356 e. The van der Waals surface area contributed by atoms with E-state index in [-0.39, 0.29) is 5.56 Å². The molecule has 0 radical (unpaired) electrons. The molecule has 1 saturated heterocycles. The molecule has 2 N–H and O–H groups in total. The Morgan fingerprint density at radius 1 is 1.16 bits per heavy atom. The van der Waals surface area contributed by atoms with E-state index in [1.54, 1.807) is 13.0 Å². The van der Waals surface area contributed by atoms with Crippen LogP contribution in [-0.4, -0.2) is 39.1 Å². The molecule has 0 aliphatic carbocycles. The van der Waals surface area contributed by atoms with Gasteiger partial charge >= 0.3 is 0 Å². The zero-order chi connectivity index (χ0) is 17.8. The summed E-state index contributed by atoms with van der Waals surface area (Å²) in [5.41, 5.74) is 1.80. The number of aromatic amines is 1. The molecule has 3 heterocycles. The van der Waals surface area contributed by atoms with Crippen LogP contribution in [0.1, 0.15) is 42.8 Å². The van der Waals surface area contributed by atoms with Crippen molar-refractivity contribution in [2.45, 2.75) is 52.6 Å². The minimum atomic E-state index is -0.0926. The van der Waals surface area contributed by atoms with Crippen LogP contribution >= 0.6 is 0 Å². The van der Waals surface area contributed by atoms with Crippen molar-refractivity contribution in [1.82, 2.24) is 25.3 Å². The van der Waals surface area contributed by atoms with Crippen molar-refractivity contribution < 1.29 is 0 Å². The Morgan fingerprint density at radius 2 is 1.92 bits per heavy atom. The first-order valence-electron chi connectivity index (χ1n) is 8.93. The maximum absolute atomic E-state index is 11.5. The number of piperidine rings is 1. The summed E-state index contributed by atoms with van der Waals surface area (Å²) in [6.07, 6.45) is 3.02. The number of hydrogen-bond acceptors (Lipinski definition) is 6. The first-order valence-corrected chi connectivity index (χ1v) is 8.93. The third-order valence-corrected chi connectivity index (χ3v) is 4.54. The van der Waals surface area contributed by atoms with Crippen LogP contribution in [0.2, 0.25) is 0 Å². The summed E-state index contributed by atoms with van der Waals surface area (Å²) in [5.74, 6) is 2.53. The fourth-order valence-corrected chi connectivity index (χ4v) is 3.25. The van der Waals surface area contributed by atoms with Gasteiger partial charge in [0.25, 0.3) is 5.56 Å². The summed E-state index contributed by atoms with van der Waals surface area (Å²) in [6.45, 7) is 8.44. The first kappa shape index (κ1) is 17.5. The van der Waals surface area contributed by atoms with Crippen molar-refractivity contribution in [2.75, 3.05) is 18.0 Å². The second-order valence-corrected chi connectivity index (χ2v) is 6.58. The predicted molar refractivity (Wildman–Crippen MR) is 97.8 cm³/mol. The molecule has 1 aliphatic heterocycles. The standard InChI is InChI=1S/C18H26N6O/c1-4-14-9-17(22-12(2)20-14)24-7-5-15(6-8-24)19-11-16-10-18(25)23-13(3)21-16/h9-10,15,19H,4-8,11H2,1-3H3,(H,21,23,25). The molecule has 1 fully saturated rings. The number of anilines is 1. The normalized spacial score (nSPS) is 15.6. The van der Waals surface area contributed by atoms with Crippen molar-refractivity contribution in [3.63, 3.8) is 0 Å². The molecule has 0 unspecified atom stereocenters. The molecule has 0 aromatic carbocycles. The number of nitrogens with one attached hydrogen (secondary N) is 2. The second-order valence-electron chi connectivity index (χ2n) is 6.58. The summed E-state index contributed by atoms with van der Waals surface area (Å²) in [4.78, 5) is 29.9. The highest BCUT2D eigenvalue weighted by atomic mass is 16.1. The van der Waals surface area contributed by atoms with E-state index in [1.807, 2.05) is 6.92 Å². The Morgan fingerprint density at radius 3 is 2.60 bits per heavy atom. The SMILES string of the molecule is CCc1cc(N2CCC(NCc3cc(=O)[nH]c(C)n3)CC2)nc(C)n1. The number of rotatable bonds is 5. The summed E-state index contributed by atoms with van der Waals surface area (Å²) in [7, 11) is 0. The Bertz CT molecular complexity index is 779. The van der Waals surface area contributed by atoms with E-state index < -0.39 is 0 Å². The average molecular weight is 342 g/mol. The molecule has 2 aromatic heterocycles. The quantitative estimate of drug-likeness (QED) is 0.856. The number of nitrogens with zero attached hydrogens (tertiary/aromatic N) is 4. The average Bonchev–Trinajstić information content (AvgIpc) is 2.59. The van der Waals surface area contributed by atoms with Gasteiger partial charge in [0, 0.05) is 43.5 Å². The van der Waals surface area contributed by atoms with Gasteiger partial charge < -0.3 is 15.2 Å². The van der Waals surface area contributed by atoms with E-state index in [1.165, 1.54) is 0 Å². The molecule has 3 rings (SSSR count). The Labute approximate surface area is 147 Å². The van der Waals surface area contributed by atoms with E-state index in [4.69, 9.17) is 0 Å². The third kappa shape index (κ3) is 4.63. The molecule has 25 heavy (non-hydrogen) atoms. The fraction of sp³-hybridized carbons (Fsp3) is 0.556. The number of aromatic nitrogens is 4. The van der Waals surface area contributed by atoms with E-state index >= 15 is 0 Å². The highest BCUT2D eigenvalue weighted by molar-refractivity contribution is 5.40. The van der Waals surface area contributed by atoms with Crippen LogP contribution < -0.4 is 15.8 Å². The zero-order valence-electron chi connectivity index (χ0n) is 15.2. The number of aryl methyl sites for hydroxylation is 3. The highest BCUT2D eigenvalue weighted by Crippen LogP contribution is 2.19. The van der Waals surface area contributed by atoms with Crippen LogP contribution in [0.4, 0.5) is 5.82 Å². The van der Waals surface area contributed by atoms with Gasteiger partial charge in [-0.3, -0.25) is 4.79 Å². The lowest BCUT2D eigenvalue weighted by atomic mass is 10.0. The number of hydrogen-bond donors (Lipinski definition) is 2. The lowest BCUT2D eigenvalue weighted by Gasteiger charge is -2.33. The maximum atomic E-state index is 11.5. The summed E-state index contributed by atoms with van der Waals surface area (Å²) in [6, 6.07) is 4.10. The van der Waals surface area contributed by atoms with Crippen LogP contribution in [0.15, 0.2) is 16.9 Å². The molecule has 0 amide bonds. The van der Waals surface area contributed by atoms with Gasteiger partial charge in [-0.25, -0.2) is 15.0 Å². The summed E-state index contributed by atoms with van der Waals surface area (Å²) >= 11 is 0. The molecule has 2 aromatic rings. The Balaban J connectivity index is 1.55. The monoisotopic (exact) mass is 342 g/mol. The Hall–Kier alpha value is -2.28. The smallest absolute Gasteiger partial charge is 0.251 e. The fourth-order valence-electron chi connectivity index (χ4n) is 3.25. The predicted octanol–water partition coefficient (Wildman–Crippen LogP) is 1.50. The molecule has 7 heteroatoms. The molecular weight excluding hydrogens is 316 g/mol. The van der Waals surface area contributed by atoms with Gasteiger partial charge in [-0.05, 0) is 33.1 Å². The number of H-pyrrole nitrogens is 1. The molecular formula is C18H26N6O. The molecule has 134 valence electrons. The van der Waals surface area contributed by atoms with Gasteiger partial charge in [-0.1, -0.05) is 6.92 Å². The molecule has 0 saturated carbocycles. The van der Waals surface area contributed by atoms with Crippen LogP contribution in [-0.2, 0) is 13.0 Å². The summed E-state index contributed by atoms with van der Waals surface area (Å²) in [5, 5.41) is 3.52. The van der Waals surface area contributed by atoms with Crippen LogP contribution in [0.3, 0.4) is 0 Å². The van der Waals surface area contributed by atoms with Gasteiger partial charge in [-0.15, -0.1) is 0 Å². The van der Waals surface area contributed by atoms with E-state index in [2.05, 4.69) is 43.1 Å². The topological polar surface area (TPSA) is 86.8 Å². The molecule has 1 aliphatic rings. The molecule has 0 atom stereocenters. The van der Waals surface area contributed by atoms with Crippen LogP contribution in [0.5, 0.6) is 0 Å². The molecule has 7 nitrogen and oxygen atoms in total. The van der Waals surface area contributed by atoms with Crippen molar-refractivity contribution in [2.24, 2.45) is 0 Å². The molecule has 0 bridgehead atoms. The highest BCUT2D eigenvalue weighted by Gasteiger charge is 2.20. The van der Waals surface area contributed by atoms with Gasteiger partial charge in [-0.2, -0.15) is 0 Å². The van der Waals surface area contributed by atoms with E-state index in [0.29, 0.717) is 18.4 Å². The maximum Gasteiger partial charge on any atom is 0.251 e.